The lowest BCUT2D eigenvalue weighted by Crippen LogP contribution is -2.17. The Balaban J connectivity index is 2.65. The molecule has 2 heterocycles. The number of ether oxygens (including phenoxy) is 1. The monoisotopic (exact) mass is 254 g/mol. The Morgan fingerprint density at radius 2 is 2.29 bits per heavy atom. The molecule has 0 aliphatic heterocycles. The van der Waals surface area contributed by atoms with Gasteiger partial charge in [0.25, 0.3) is 0 Å². The van der Waals surface area contributed by atoms with Gasteiger partial charge in [-0.3, -0.25) is 0 Å². The van der Waals surface area contributed by atoms with E-state index < -0.39 is 6.09 Å². The van der Waals surface area contributed by atoms with Crippen LogP contribution >= 0.6 is 11.6 Å². The van der Waals surface area contributed by atoms with Crippen LogP contribution in [0.3, 0.4) is 0 Å². The second kappa shape index (κ2) is 4.21. The van der Waals surface area contributed by atoms with Crippen molar-refractivity contribution in [1.82, 2.24) is 14.6 Å². The molecule has 0 unspecified atom stereocenters. The first-order valence-corrected chi connectivity index (χ1v) is 5.38. The van der Waals surface area contributed by atoms with Gasteiger partial charge < -0.3 is 10.5 Å². The number of fused-ring (bicyclic) bond motifs is 1. The predicted octanol–water partition coefficient (Wildman–Crippen LogP) is 1.96. The molecule has 90 valence electrons. The number of rotatable bonds is 2. The van der Waals surface area contributed by atoms with Crippen molar-refractivity contribution in [3.05, 3.63) is 23.1 Å². The standard InChI is InChI=1S/C10H11ClN4O2/c1-5(2)6-4-13-9-7(17-10(12)16)3-8(11)14-15(6)9/h3-5H,1-2H3,(H2,12,16). The number of hydrogen-bond donors (Lipinski definition) is 1. The van der Waals surface area contributed by atoms with Gasteiger partial charge in [-0.25, -0.2) is 14.3 Å². The number of nitrogens with zero attached hydrogens (tertiary/aromatic N) is 3. The molecule has 2 rings (SSSR count). The lowest BCUT2D eigenvalue weighted by Gasteiger charge is -2.06. The highest BCUT2D eigenvalue weighted by Crippen LogP contribution is 2.25. The summed E-state index contributed by atoms with van der Waals surface area (Å²) in [6.45, 7) is 4.00. The van der Waals surface area contributed by atoms with Crippen LogP contribution in [0.4, 0.5) is 4.79 Å². The largest absolute Gasteiger partial charge is 0.410 e. The summed E-state index contributed by atoms with van der Waals surface area (Å²) in [5.41, 5.74) is 6.26. The summed E-state index contributed by atoms with van der Waals surface area (Å²) in [5.74, 6) is 0.418. The summed E-state index contributed by atoms with van der Waals surface area (Å²) in [5, 5.41) is 4.31. The molecular formula is C10H11ClN4O2. The zero-order valence-corrected chi connectivity index (χ0v) is 10.1. The highest BCUT2D eigenvalue weighted by atomic mass is 35.5. The van der Waals surface area contributed by atoms with Crippen molar-refractivity contribution in [1.29, 1.82) is 0 Å². The number of carbonyl (C=O) groups excluding carboxylic acids is 1. The third-order valence-electron chi connectivity index (χ3n) is 2.23. The normalized spacial score (nSPS) is 11.1. The van der Waals surface area contributed by atoms with Crippen molar-refractivity contribution in [3.63, 3.8) is 0 Å². The highest BCUT2D eigenvalue weighted by Gasteiger charge is 2.15. The fraction of sp³-hybridized carbons (Fsp3) is 0.300. The van der Waals surface area contributed by atoms with Crippen LogP contribution in [0.1, 0.15) is 25.5 Å². The van der Waals surface area contributed by atoms with Gasteiger partial charge in [0.1, 0.15) is 0 Å². The zero-order chi connectivity index (χ0) is 12.6. The van der Waals surface area contributed by atoms with Crippen LogP contribution in [0.25, 0.3) is 5.65 Å². The highest BCUT2D eigenvalue weighted by molar-refractivity contribution is 6.29. The number of amides is 1. The summed E-state index contributed by atoms with van der Waals surface area (Å²) in [7, 11) is 0. The van der Waals surface area contributed by atoms with E-state index in [0.717, 1.165) is 5.69 Å². The lowest BCUT2D eigenvalue weighted by atomic mass is 10.2. The second-order valence-corrected chi connectivity index (χ2v) is 4.21. The number of carbonyl (C=O) groups is 1. The summed E-state index contributed by atoms with van der Waals surface area (Å²) >= 11 is 5.85. The molecule has 2 N–H and O–H groups in total. The van der Waals surface area contributed by atoms with Crippen LogP contribution in [0.5, 0.6) is 5.75 Å². The van der Waals surface area contributed by atoms with Gasteiger partial charge in [0.2, 0.25) is 0 Å². The van der Waals surface area contributed by atoms with Crippen molar-refractivity contribution in [2.45, 2.75) is 19.8 Å². The average molecular weight is 255 g/mol. The molecule has 0 atom stereocenters. The molecule has 17 heavy (non-hydrogen) atoms. The quantitative estimate of drug-likeness (QED) is 0.888. The van der Waals surface area contributed by atoms with Gasteiger partial charge in [-0.15, -0.1) is 0 Å². The van der Waals surface area contributed by atoms with Crippen molar-refractivity contribution in [2.75, 3.05) is 0 Å². The van der Waals surface area contributed by atoms with Crippen LogP contribution in [0.2, 0.25) is 5.15 Å². The van der Waals surface area contributed by atoms with Gasteiger partial charge in [-0.1, -0.05) is 25.4 Å². The number of aromatic nitrogens is 3. The molecule has 0 bridgehead atoms. The Hall–Kier alpha value is -1.82. The minimum atomic E-state index is -0.914. The Bertz CT molecular complexity index is 579. The SMILES string of the molecule is CC(C)c1cnc2c(OC(N)=O)cc(Cl)nn12. The Labute approximate surface area is 102 Å². The second-order valence-electron chi connectivity index (χ2n) is 3.83. The Morgan fingerprint density at radius 3 is 2.88 bits per heavy atom. The molecule has 0 saturated heterocycles. The first-order chi connectivity index (χ1) is 7.99. The van der Waals surface area contributed by atoms with Crippen molar-refractivity contribution < 1.29 is 9.53 Å². The summed E-state index contributed by atoms with van der Waals surface area (Å²) in [6.07, 6.45) is 0.750. The van der Waals surface area contributed by atoms with E-state index in [1.54, 1.807) is 10.7 Å². The molecule has 0 aliphatic rings. The van der Waals surface area contributed by atoms with Crippen molar-refractivity contribution >= 4 is 23.3 Å². The summed E-state index contributed by atoms with van der Waals surface area (Å²) < 4.78 is 6.38. The maximum absolute atomic E-state index is 10.8. The zero-order valence-electron chi connectivity index (χ0n) is 9.35. The maximum Gasteiger partial charge on any atom is 0.410 e. The van der Waals surface area contributed by atoms with Crippen LogP contribution in [0, 0.1) is 0 Å². The van der Waals surface area contributed by atoms with Gasteiger partial charge in [0.15, 0.2) is 16.5 Å². The number of hydrogen-bond acceptors (Lipinski definition) is 4. The van der Waals surface area contributed by atoms with Crippen molar-refractivity contribution in [2.24, 2.45) is 5.73 Å². The number of nitrogens with two attached hydrogens (primary N) is 1. The molecule has 0 saturated carbocycles. The Kier molecular flexibility index (Phi) is 2.89. The molecule has 0 spiro atoms. The van der Waals surface area contributed by atoms with E-state index in [-0.39, 0.29) is 16.8 Å². The molecule has 0 aliphatic carbocycles. The van der Waals surface area contributed by atoms with Gasteiger partial charge >= 0.3 is 6.09 Å². The van der Waals surface area contributed by atoms with Crippen LogP contribution in [-0.2, 0) is 0 Å². The first kappa shape index (κ1) is 11.7. The van der Waals surface area contributed by atoms with E-state index >= 15 is 0 Å². The van der Waals surface area contributed by atoms with Crippen LogP contribution in [-0.4, -0.2) is 20.7 Å². The number of halogens is 1. The van der Waals surface area contributed by atoms with Crippen LogP contribution < -0.4 is 10.5 Å². The smallest absolute Gasteiger partial charge is 0.406 e. The third kappa shape index (κ3) is 2.16. The minimum absolute atomic E-state index is 0.199. The molecule has 1 amide bonds. The lowest BCUT2D eigenvalue weighted by molar-refractivity contribution is 0.211. The molecule has 2 aromatic rings. The number of primary amides is 1. The van der Waals surface area contributed by atoms with Crippen LogP contribution in [0.15, 0.2) is 12.3 Å². The summed E-state index contributed by atoms with van der Waals surface area (Å²) in [4.78, 5) is 14.9. The van der Waals surface area contributed by atoms with Gasteiger partial charge in [0.05, 0.1) is 11.9 Å². The fourth-order valence-corrected chi connectivity index (χ4v) is 1.68. The fourth-order valence-electron chi connectivity index (χ4n) is 1.51. The topological polar surface area (TPSA) is 82.5 Å². The van der Waals surface area contributed by atoms with E-state index in [0.29, 0.717) is 5.65 Å². The van der Waals surface area contributed by atoms with E-state index in [2.05, 4.69) is 10.1 Å². The van der Waals surface area contributed by atoms with Gasteiger partial charge in [-0.05, 0) is 5.92 Å². The molecular weight excluding hydrogens is 244 g/mol. The molecule has 0 radical (unpaired) electrons. The predicted molar refractivity (Wildman–Crippen MR) is 62.3 cm³/mol. The minimum Gasteiger partial charge on any atom is -0.406 e. The van der Waals surface area contributed by atoms with E-state index in [1.165, 1.54) is 6.07 Å². The van der Waals surface area contributed by atoms with Gasteiger partial charge in [-0.2, -0.15) is 5.10 Å². The average Bonchev–Trinajstić information content (AvgIpc) is 2.59. The maximum atomic E-state index is 10.8. The van der Waals surface area contributed by atoms with E-state index in [1.807, 2.05) is 13.8 Å². The molecule has 6 nitrogen and oxygen atoms in total. The first-order valence-electron chi connectivity index (χ1n) is 5.00. The number of imidazole rings is 1. The molecule has 2 aromatic heterocycles. The van der Waals surface area contributed by atoms with Gasteiger partial charge in [0, 0.05) is 6.07 Å². The molecule has 0 fully saturated rings. The summed E-state index contributed by atoms with van der Waals surface area (Å²) in [6, 6.07) is 1.40. The molecule has 7 heteroatoms. The third-order valence-corrected chi connectivity index (χ3v) is 2.42. The Morgan fingerprint density at radius 1 is 1.59 bits per heavy atom. The van der Waals surface area contributed by atoms with E-state index in [9.17, 15) is 4.79 Å². The molecule has 0 aromatic carbocycles. The van der Waals surface area contributed by atoms with E-state index in [4.69, 9.17) is 22.1 Å². The van der Waals surface area contributed by atoms with Crippen molar-refractivity contribution in [3.8, 4) is 5.75 Å².